The Balaban J connectivity index is 1.90. The Hall–Kier alpha value is -1.88. The van der Waals surface area contributed by atoms with Crippen LogP contribution in [0.5, 0.6) is 11.5 Å². The molecule has 28 heavy (non-hydrogen) atoms. The van der Waals surface area contributed by atoms with Crippen molar-refractivity contribution in [3.8, 4) is 11.5 Å². The summed E-state index contributed by atoms with van der Waals surface area (Å²) in [5.41, 5.74) is 0.566. The van der Waals surface area contributed by atoms with Gasteiger partial charge < -0.3 is 14.8 Å². The number of hydrogen-bond acceptors (Lipinski definition) is 6. The molecule has 0 atom stereocenters. The number of rotatable bonds is 9. The molecule has 0 spiro atoms. The van der Waals surface area contributed by atoms with E-state index in [4.69, 9.17) is 9.47 Å². The smallest absolute Gasteiger partial charge is 0.282 e. The molecule has 0 aromatic heterocycles. The zero-order valence-corrected chi connectivity index (χ0v) is 17.8. The van der Waals surface area contributed by atoms with Gasteiger partial charge in [-0.15, -0.1) is 0 Å². The van der Waals surface area contributed by atoms with Gasteiger partial charge in [0.05, 0.1) is 26.5 Å². The molecule has 1 aliphatic heterocycles. The van der Waals surface area contributed by atoms with Crippen LogP contribution in [0.15, 0.2) is 18.2 Å². The van der Waals surface area contributed by atoms with Crippen molar-refractivity contribution < 1.29 is 22.7 Å². The highest BCUT2D eigenvalue weighted by Crippen LogP contribution is 2.29. The Morgan fingerprint density at radius 1 is 1.11 bits per heavy atom. The average molecular weight is 415 g/mol. The number of anilines is 1. The zero-order valence-electron chi connectivity index (χ0n) is 17.0. The van der Waals surface area contributed by atoms with E-state index in [9.17, 15) is 13.2 Å². The highest BCUT2D eigenvalue weighted by atomic mass is 32.2. The van der Waals surface area contributed by atoms with Crippen LogP contribution < -0.4 is 14.8 Å². The second-order valence-electron chi connectivity index (χ2n) is 6.38. The molecule has 0 aliphatic carbocycles. The minimum absolute atomic E-state index is 0.177. The summed E-state index contributed by atoms with van der Waals surface area (Å²) in [5.74, 6) is 0.978. The highest BCUT2D eigenvalue weighted by molar-refractivity contribution is 7.86. The van der Waals surface area contributed by atoms with Crippen LogP contribution in [0, 0.1) is 0 Å². The fourth-order valence-electron chi connectivity index (χ4n) is 3.13. The fourth-order valence-corrected chi connectivity index (χ4v) is 4.73. The molecule has 2 rings (SSSR count). The lowest BCUT2D eigenvalue weighted by Gasteiger charge is -2.35. The second kappa shape index (κ2) is 10.1. The summed E-state index contributed by atoms with van der Waals surface area (Å²) in [4.78, 5) is 14.3. The monoisotopic (exact) mass is 414 g/mol. The molecule has 0 unspecified atom stereocenters. The van der Waals surface area contributed by atoms with Crippen LogP contribution in [-0.4, -0.2) is 87.9 Å². The second-order valence-corrected chi connectivity index (χ2v) is 8.31. The van der Waals surface area contributed by atoms with E-state index in [1.54, 1.807) is 25.3 Å². The Morgan fingerprint density at radius 2 is 1.75 bits per heavy atom. The van der Waals surface area contributed by atoms with Crippen molar-refractivity contribution in [2.45, 2.75) is 13.8 Å². The van der Waals surface area contributed by atoms with Crippen molar-refractivity contribution in [1.82, 2.24) is 13.5 Å². The van der Waals surface area contributed by atoms with Crippen molar-refractivity contribution in [1.29, 1.82) is 0 Å². The SMILES string of the molecule is CCN(CC)S(=O)(=O)N1CCN(CC(=O)Nc2ccc(OC)cc2OC)CC1. The number of amides is 1. The summed E-state index contributed by atoms with van der Waals surface area (Å²) in [6.45, 7) is 6.51. The number of piperazine rings is 1. The summed E-state index contributed by atoms with van der Waals surface area (Å²) in [6.07, 6.45) is 0. The number of nitrogens with one attached hydrogen (secondary N) is 1. The van der Waals surface area contributed by atoms with Crippen LogP contribution in [0.25, 0.3) is 0 Å². The van der Waals surface area contributed by atoms with Crippen LogP contribution in [0.4, 0.5) is 5.69 Å². The van der Waals surface area contributed by atoms with Crippen LogP contribution in [-0.2, 0) is 15.0 Å². The van der Waals surface area contributed by atoms with Gasteiger partial charge in [0.15, 0.2) is 0 Å². The molecule has 1 heterocycles. The van der Waals surface area contributed by atoms with Crippen LogP contribution in [0.2, 0.25) is 0 Å². The first-order chi connectivity index (χ1) is 13.3. The van der Waals surface area contributed by atoms with Gasteiger partial charge in [0.1, 0.15) is 11.5 Å². The van der Waals surface area contributed by atoms with Gasteiger partial charge in [0, 0.05) is 45.3 Å². The quantitative estimate of drug-likeness (QED) is 0.644. The molecule has 1 fully saturated rings. The standard InChI is InChI=1S/C18H30N4O5S/c1-5-21(6-2)28(24,25)22-11-9-20(10-12-22)14-18(23)19-16-8-7-15(26-3)13-17(16)27-4/h7-8,13H,5-6,9-12,14H2,1-4H3,(H,19,23). The van der Waals surface area contributed by atoms with E-state index in [1.807, 2.05) is 18.7 Å². The molecule has 158 valence electrons. The summed E-state index contributed by atoms with van der Waals surface area (Å²) in [6, 6.07) is 5.17. The Morgan fingerprint density at radius 3 is 2.29 bits per heavy atom. The van der Waals surface area contributed by atoms with E-state index in [0.717, 1.165) is 0 Å². The summed E-state index contributed by atoms with van der Waals surface area (Å²) in [5, 5.41) is 2.84. The molecule has 1 N–H and O–H groups in total. The van der Waals surface area contributed by atoms with E-state index in [0.29, 0.717) is 56.5 Å². The Bertz CT molecular complexity index is 759. The molecule has 0 radical (unpaired) electrons. The summed E-state index contributed by atoms with van der Waals surface area (Å²) in [7, 11) is -0.339. The van der Waals surface area contributed by atoms with Crippen LogP contribution >= 0.6 is 0 Å². The van der Waals surface area contributed by atoms with Crippen molar-refractivity contribution in [2.24, 2.45) is 0 Å². The molecule has 1 aromatic rings. The number of ether oxygens (including phenoxy) is 2. The van der Waals surface area contributed by atoms with Gasteiger partial charge in [-0.2, -0.15) is 17.0 Å². The average Bonchev–Trinajstić information content (AvgIpc) is 2.69. The Kier molecular flexibility index (Phi) is 8.05. The molecule has 1 saturated heterocycles. The van der Waals surface area contributed by atoms with Crippen molar-refractivity contribution in [2.75, 3.05) is 65.3 Å². The van der Waals surface area contributed by atoms with Gasteiger partial charge in [-0.05, 0) is 12.1 Å². The molecule has 1 amide bonds. The van der Waals surface area contributed by atoms with E-state index in [1.165, 1.54) is 15.7 Å². The lowest BCUT2D eigenvalue weighted by atomic mass is 10.2. The lowest BCUT2D eigenvalue weighted by molar-refractivity contribution is -0.117. The topological polar surface area (TPSA) is 91.4 Å². The number of carbonyl (C=O) groups is 1. The minimum Gasteiger partial charge on any atom is -0.497 e. The molecule has 9 nitrogen and oxygen atoms in total. The van der Waals surface area contributed by atoms with E-state index >= 15 is 0 Å². The predicted octanol–water partition coefficient (Wildman–Crippen LogP) is 0.847. The molecule has 1 aliphatic rings. The first-order valence-electron chi connectivity index (χ1n) is 9.35. The maximum absolute atomic E-state index is 12.6. The van der Waals surface area contributed by atoms with E-state index in [-0.39, 0.29) is 12.5 Å². The van der Waals surface area contributed by atoms with Crippen molar-refractivity contribution in [3.05, 3.63) is 18.2 Å². The maximum Gasteiger partial charge on any atom is 0.282 e. The van der Waals surface area contributed by atoms with Gasteiger partial charge in [0.2, 0.25) is 5.91 Å². The predicted molar refractivity (Wildman–Crippen MR) is 108 cm³/mol. The zero-order chi connectivity index (χ0) is 20.7. The summed E-state index contributed by atoms with van der Waals surface area (Å²) < 4.78 is 38.5. The fraction of sp³-hybridized carbons (Fsp3) is 0.611. The molecule has 0 saturated carbocycles. The number of benzene rings is 1. The Labute approximate surface area is 167 Å². The molecular weight excluding hydrogens is 384 g/mol. The van der Waals surface area contributed by atoms with Crippen molar-refractivity contribution in [3.63, 3.8) is 0 Å². The molecule has 1 aromatic carbocycles. The first-order valence-corrected chi connectivity index (χ1v) is 10.7. The third kappa shape index (κ3) is 5.34. The largest absolute Gasteiger partial charge is 0.497 e. The van der Waals surface area contributed by atoms with Gasteiger partial charge >= 0.3 is 0 Å². The maximum atomic E-state index is 12.6. The first kappa shape index (κ1) is 22.4. The number of methoxy groups -OCH3 is 2. The summed E-state index contributed by atoms with van der Waals surface area (Å²) >= 11 is 0. The van der Waals surface area contributed by atoms with Gasteiger partial charge in [-0.25, -0.2) is 0 Å². The van der Waals surface area contributed by atoms with Crippen molar-refractivity contribution >= 4 is 21.8 Å². The normalized spacial score (nSPS) is 16.2. The number of carbonyl (C=O) groups excluding carboxylic acids is 1. The molecule has 0 bridgehead atoms. The van der Waals surface area contributed by atoms with E-state index < -0.39 is 10.2 Å². The highest BCUT2D eigenvalue weighted by Gasteiger charge is 2.31. The van der Waals surface area contributed by atoms with Crippen LogP contribution in [0.1, 0.15) is 13.8 Å². The van der Waals surface area contributed by atoms with Gasteiger partial charge in [0.25, 0.3) is 10.2 Å². The number of hydrogen-bond donors (Lipinski definition) is 1. The van der Waals surface area contributed by atoms with Gasteiger partial charge in [-0.3, -0.25) is 9.69 Å². The molecule has 10 heteroatoms. The minimum atomic E-state index is -3.43. The third-order valence-electron chi connectivity index (χ3n) is 4.74. The lowest BCUT2D eigenvalue weighted by Crippen LogP contribution is -2.54. The third-order valence-corrected chi connectivity index (χ3v) is 6.93. The van der Waals surface area contributed by atoms with Crippen LogP contribution in [0.3, 0.4) is 0 Å². The van der Waals surface area contributed by atoms with Gasteiger partial charge in [-0.1, -0.05) is 13.8 Å². The molecular formula is C18H30N4O5S. The number of nitrogens with zero attached hydrogens (tertiary/aromatic N) is 3. The van der Waals surface area contributed by atoms with E-state index in [2.05, 4.69) is 5.32 Å².